The second-order valence-electron chi connectivity index (χ2n) is 4.32. The molecule has 5 nitrogen and oxygen atoms in total. The fraction of sp³-hybridized carbons (Fsp3) is 0.0714. The van der Waals surface area contributed by atoms with Crippen molar-refractivity contribution in [1.29, 1.82) is 0 Å². The molecule has 0 bridgehead atoms. The van der Waals surface area contributed by atoms with Crippen LogP contribution in [0.3, 0.4) is 0 Å². The van der Waals surface area contributed by atoms with Crippen LogP contribution in [0.2, 0.25) is 0 Å². The average Bonchev–Trinajstić information content (AvgIpc) is 2.87. The maximum absolute atomic E-state index is 9.73. The summed E-state index contributed by atoms with van der Waals surface area (Å²) in [6, 6.07) is 10.9. The van der Waals surface area contributed by atoms with Crippen LogP contribution in [0.1, 0.15) is 11.1 Å². The Hall–Kier alpha value is -2.69. The third kappa shape index (κ3) is 2.30. The third-order valence-corrected chi connectivity index (χ3v) is 2.84. The minimum atomic E-state index is 0.219. The molecule has 5 heteroatoms. The normalized spacial score (nSPS) is 11.4. The number of phenolic OH excluding ortho intramolecular Hbond substituents is 1. The van der Waals surface area contributed by atoms with Gasteiger partial charge >= 0.3 is 0 Å². The number of fused-ring (bicyclic) bond motifs is 1. The monoisotopic (exact) mass is 252 g/mol. The summed E-state index contributed by atoms with van der Waals surface area (Å²) in [5, 5.41) is 20.3. The second-order valence-corrected chi connectivity index (χ2v) is 4.32. The maximum atomic E-state index is 9.73. The Morgan fingerprint density at radius 1 is 1.11 bits per heavy atom. The molecular weight excluding hydrogens is 240 g/mol. The Kier molecular flexibility index (Phi) is 2.72. The number of aromatic hydroxyl groups is 1. The number of aryl methyl sites for hydroxylation is 1. The van der Waals surface area contributed by atoms with E-state index in [0.29, 0.717) is 5.56 Å². The summed E-state index contributed by atoms with van der Waals surface area (Å²) >= 11 is 0. The first-order valence-corrected chi connectivity index (χ1v) is 5.86. The molecule has 0 aliphatic heterocycles. The lowest BCUT2D eigenvalue weighted by molar-refractivity contribution is 0.474. The molecule has 0 unspecified atom stereocenters. The summed E-state index contributed by atoms with van der Waals surface area (Å²) in [6.45, 7) is 1.97. The van der Waals surface area contributed by atoms with Crippen LogP contribution in [-0.4, -0.2) is 26.7 Å². The molecule has 0 fully saturated rings. The molecule has 1 aromatic heterocycles. The van der Waals surface area contributed by atoms with Crippen molar-refractivity contribution in [3.05, 3.63) is 47.5 Å². The van der Waals surface area contributed by atoms with Crippen molar-refractivity contribution >= 4 is 22.9 Å². The van der Waals surface area contributed by atoms with Crippen LogP contribution in [0.5, 0.6) is 5.75 Å². The van der Waals surface area contributed by atoms with E-state index in [1.807, 2.05) is 37.3 Å². The Labute approximate surface area is 109 Å². The van der Waals surface area contributed by atoms with Gasteiger partial charge < -0.3 is 5.11 Å². The van der Waals surface area contributed by atoms with Crippen LogP contribution in [-0.2, 0) is 0 Å². The summed E-state index contributed by atoms with van der Waals surface area (Å²) in [5.41, 5.74) is 4.11. The van der Waals surface area contributed by atoms with Crippen molar-refractivity contribution < 1.29 is 5.11 Å². The fourth-order valence-corrected chi connectivity index (χ4v) is 1.83. The Morgan fingerprint density at radius 2 is 1.95 bits per heavy atom. The third-order valence-electron chi connectivity index (χ3n) is 2.84. The number of aromatic amines is 1. The molecule has 19 heavy (non-hydrogen) atoms. The molecule has 0 saturated carbocycles. The molecule has 2 aromatic carbocycles. The zero-order valence-corrected chi connectivity index (χ0v) is 10.3. The van der Waals surface area contributed by atoms with E-state index in [2.05, 4.69) is 20.4 Å². The first-order chi connectivity index (χ1) is 9.22. The van der Waals surface area contributed by atoms with Gasteiger partial charge in [-0.15, -0.1) is 0 Å². The minimum absolute atomic E-state index is 0.219. The highest BCUT2D eigenvalue weighted by atomic mass is 16.3. The van der Waals surface area contributed by atoms with Gasteiger partial charge in [0.1, 0.15) is 16.8 Å². The molecule has 3 rings (SSSR count). The van der Waals surface area contributed by atoms with E-state index in [-0.39, 0.29) is 5.75 Å². The van der Waals surface area contributed by atoms with Gasteiger partial charge in [0.05, 0.1) is 5.69 Å². The van der Waals surface area contributed by atoms with E-state index < -0.39 is 0 Å². The van der Waals surface area contributed by atoms with Gasteiger partial charge in [-0.2, -0.15) is 15.4 Å². The van der Waals surface area contributed by atoms with Crippen LogP contribution >= 0.6 is 0 Å². The summed E-state index contributed by atoms with van der Waals surface area (Å²) in [7, 11) is 0. The summed E-state index contributed by atoms with van der Waals surface area (Å²) in [4.78, 5) is 4.34. The van der Waals surface area contributed by atoms with Crippen molar-refractivity contribution in [3.63, 3.8) is 0 Å². The average molecular weight is 252 g/mol. The Morgan fingerprint density at radius 3 is 2.84 bits per heavy atom. The van der Waals surface area contributed by atoms with E-state index in [4.69, 9.17) is 0 Å². The van der Waals surface area contributed by atoms with E-state index in [1.54, 1.807) is 12.3 Å². The first kappa shape index (κ1) is 11.4. The Balaban J connectivity index is 1.95. The molecule has 0 atom stereocenters. The van der Waals surface area contributed by atoms with Crippen molar-refractivity contribution in [3.8, 4) is 5.75 Å². The molecule has 0 amide bonds. The maximum Gasteiger partial charge on any atom is 0.124 e. The SMILES string of the molecule is Cc1ccc(O)c(C=Nc2ccc3n[nH]nc3c2)c1. The highest BCUT2D eigenvalue weighted by Crippen LogP contribution is 2.20. The van der Waals surface area contributed by atoms with Crippen molar-refractivity contribution in [1.82, 2.24) is 15.4 Å². The second kappa shape index (κ2) is 4.53. The number of aromatic nitrogens is 3. The molecule has 0 spiro atoms. The number of hydrogen-bond acceptors (Lipinski definition) is 4. The van der Waals surface area contributed by atoms with E-state index in [0.717, 1.165) is 22.3 Å². The fourth-order valence-electron chi connectivity index (χ4n) is 1.83. The highest BCUT2D eigenvalue weighted by Gasteiger charge is 2.00. The number of H-pyrrole nitrogens is 1. The summed E-state index contributed by atoms with van der Waals surface area (Å²) in [6.07, 6.45) is 1.64. The number of aliphatic imine (C=N–C) groups is 1. The van der Waals surface area contributed by atoms with Gasteiger partial charge in [-0.25, -0.2) is 0 Å². The van der Waals surface area contributed by atoms with Gasteiger partial charge in [0.15, 0.2) is 0 Å². The smallest absolute Gasteiger partial charge is 0.124 e. The zero-order chi connectivity index (χ0) is 13.2. The van der Waals surface area contributed by atoms with Crippen molar-refractivity contribution in [2.24, 2.45) is 4.99 Å². The number of rotatable bonds is 2. The predicted molar refractivity (Wildman–Crippen MR) is 74.0 cm³/mol. The quantitative estimate of drug-likeness (QED) is 0.688. The Bertz CT molecular complexity index is 761. The number of nitrogens with one attached hydrogen (secondary N) is 1. The standard InChI is InChI=1S/C14H12N4O/c1-9-2-5-14(19)10(6-9)8-15-11-3-4-12-13(7-11)17-18-16-12/h2-8,19H,1H3,(H,16,17,18). The van der Waals surface area contributed by atoms with E-state index in [9.17, 15) is 5.11 Å². The zero-order valence-electron chi connectivity index (χ0n) is 10.3. The van der Waals surface area contributed by atoms with E-state index >= 15 is 0 Å². The van der Waals surface area contributed by atoms with Crippen LogP contribution in [0.25, 0.3) is 11.0 Å². The number of benzene rings is 2. The molecular formula is C14H12N4O. The lowest BCUT2D eigenvalue weighted by Crippen LogP contribution is -1.83. The van der Waals surface area contributed by atoms with Gasteiger partial charge in [0.2, 0.25) is 0 Å². The number of phenols is 1. The van der Waals surface area contributed by atoms with Gasteiger partial charge in [0.25, 0.3) is 0 Å². The molecule has 2 N–H and O–H groups in total. The molecule has 94 valence electrons. The van der Waals surface area contributed by atoms with Crippen LogP contribution in [0, 0.1) is 6.92 Å². The number of nitrogens with zero attached hydrogens (tertiary/aromatic N) is 3. The highest BCUT2D eigenvalue weighted by molar-refractivity contribution is 5.86. The largest absolute Gasteiger partial charge is 0.507 e. The molecule has 3 aromatic rings. The summed E-state index contributed by atoms with van der Waals surface area (Å²) < 4.78 is 0. The van der Waals surface area contributed by atoms with Gasteiger partial charge in [0, 0.05) is 11.8 Å². The van der Waals surface area contributed by atoms with Gasteiger partial charge in [-0.1, -0.05) is 11.6 Å². The number of hydrogen-bond donors (Lipinski definition) is 2. The van der Waals surface area contributed by atoms with Crippen LogP contribution < -0.4 is 0 Å². The molecule has 0 aliphatic carbocycles. The van der Waals surface area contributed by atoms with E-state index in [1.165, 1.54) is 0 Å². The van der Waals surface area contributed by atoms with Crippen molar-refractivity contribution in [2.75, 3.05) is 0 Å². The van der Waals surface area contributed by atoms with Crippen molar-refractivity contribution in [2.45, 2.75) is 6.92 Å². The predicted octanol–water partition coefficient (Wildman–Crippen LogP) is 2.72. The lowest BCUT2D eigenvalue weighted by Gasteiger charge is -2.00. The minimum Gasteiger partial charge on any atom is -0.507 e. The molecule has 0 saturated heterocycles. The first-order valence-electron chi connectivity index (χ1n) is 5.86. The van der Waals surface area contributed by atoms with Gasteiger partial charge in [-0.3, -0.25) is 4.99 Å². The van der Waals surface area contributed by atoms with Crippen LogP contribution in [0.15, 0.2) is 41.4 Å². The molecule has 1 heterocycles. The lowest BCUT2D eigenvalue weighted by atomic mass is 10.1. The topological polar surface area (TPSA) is 74.2 Å². The van der Waals surface area contributed by atoms with Gasteiger partial charge in [-0.05, 0) is 37.3 Å². The molecule has 0 aliphatic rings. The van der Waals surface area contributed by atoms with Crippen LogP contribution in [0.4, 0.5) is 5.69 Å². The summed E-state index contributed by atoms with van der Waals surface area (Å²) in [5.74, 6) is 0.219. The molecule has 0 radical (unpaired) electrons.